The third-order valence-electron chi connectivity index (χ3n) is 2.27. The lowest BCUT2D eigenvalue weighted by Gasteiger charge is -2.12. The van der Waals surface area contributed by atoms with Gasteiger partial charge in [0.05, 0.1) is 0 Å². The van der Waals surface area contributed by atoms with Gasteiger partial charge in [-0.3, -0.25) is 0 Å². The summed E-state index contributed by atoms with van der Waals surface area (Å²) in [7, 11) is 0. The SMILES string of the molecule is CCC(C)NCc1ccc(Br)cc1Br. The molecule has 0 fully saturated rings. The van der Waals surface area contributed by atoms with Crippen molar-refractivity contribution in [2.24, 2.45) is 0 Å². The Bertz CT molecular complexity index is 299. The lowest BCUT2D eigenvalue weighted by Crippen LogP contribution is -2.24. The third-order valence-corrected chi connectivity index (χ3v) is 3.50. The minimum Gasteiger partial charge on any atom is -0.310 e. The average Bonchev–Trinajstić information content (AvgIpc) is 2.16. The van der Waals surface area contributed by atoms with Gasteiger partial charge in [0.15, 0.2) is 0 Å². The first-order valence-corrected chi connectivity index (χ1v) is 6.39. The zero-order chi connectivity index (χ0) is 10.6. The molecule has 0 amide bonds. The van der Waals surface area contributed by atoms with E-state index in [0.717, 1.165) is 21.9 Å². The molecule has 0 aliphatic carbocycles. The normalized spacial score (nSPS) is 12.9. The second kappa shape index (κ2) is 5.89. The van der Waals surface area contributed by atoms with E-state index in [2.05, 4.69) is 69.2 Å². The Morgan fingerprint density at radius 3 is 2.64 bits per heavy atom. The van der Waals surface area contributed by atoms with Crippen molar-refractivity contribution in [3.8, 4) is 0 Å². The fourth-order valence-corrected chi connectivity index (χ4v) is 2.28. The van der Waals surface area contributed by atoms with Gasteiger partial charge in [-0.05, 0) is 31.0 Å². The molecule has 0 spiro atoms. The predicted octanol–water partition coefficient (Wildman–Crippen LogP) is 4.10. The number of nitrogens with one attached hydrogen (secondary N) is 1. The Labute approximate surface area is 103 Å². The molecule has 0 bridgehead atoms. The lowest BCUT2D eigenvalue weighted by molar-refractivity contribution is 0.533. The maximum absolute atomic E-state index is 3.55. The quantitative estimate of drug-likeness (QED) is 0.880. The van der Waals surface area contributed by atoms with Crippen molar-refractivity contribution >= 4 is 31.9 Å². The van der Waals surface area contributed by atoms with Crippen LogP contribution in [0.25, 0.3) is 0 Å². The van der Waals surface area contributed by atoms with Crippen LogP contribution in [0.5, 0.6) is 0 Å². The van der Waals surface area contributed by atoms with Crippen molar-refractivity contribution in [1.29, 1.82) is 0 Å². The highest BCUT2D eigenvalue weighted by molar-refractivity contribution is 9.11. The van der Waals surface area contributed by atoms with Crippen LogP contribution in [-0.4, -0.2) is 6.04 Å². The van der Waals surface area contributed by atoms with E-state index in [4.69, 9.17) is 0 Å². The van der Waals surface area contributed by atoms with Crippen LogP contribution in [0.2, 0.25) is 0 Å². The molecular formula is C11H15Br2N. The number of hydrogen-bond acceptors (Lipinski definition) is 1. The fourth-order valence-electron chi connectivity index (χ4n) is 1.09. The molecule has 1 aromatic carbocycles. The summed E-state index contributed by atoms with van der Waals surface area (Å²) >= 11 is 6.99. The van der Waals surface area contributed by atoms with Crippen molar-refractivity contribution in [1.82, 2.24) is 5.32 Å². The van der Waals surface area contributed by atoms with Gasteiger partial charge in [-0.1, -0.05) is 44.8 Å². The van der Waals surface area contributed by atoms with Gasteiger partial charge in [-0.15, -0.1) is 0 Å². The summed E-state index contributed by atoms with van der Waals surface area (Å²) in [5.74, 6) is 0. The van der Waals surface area contributed by atoms with Crippen molar-refractivity contribution in [3.63, 3.8) is 0 Å². The molecule has 0 saturated carbocycles. The van der Waals surface area contributed by atoms with Crippen LogP contribution in [-0.2, 0) is 6.54 Å². The Balaban J connectivity index is 2.59. The molecule has 0 radical (unpaired) electrons. The second-order valence-corrected chi connectivity index (χ2v) is 5.20. The van der Waals surface area contributed by atoms with Gasteiger partial charge >= 0.3 is 0 Å². The van der Waals surface area contributed by atoms with Gasteiger partial charge in [-0.25, -0.2) is 0 Å². The van der Waals surface area contributed by atoms with Gasteiger partial charge in [0.1, 0.15) is 0 Å². The van der Waals surface area contributed by atoms with Crippen LogP contribution in [0, 0.1) is 0 Å². The molecule has 14 heavy (non-hydrogen) atoms. The van der Waals surface area contributed by atoms with E-state index in [1.807, 2.05) is 0 Å². The molecule has 1 atom stereocenters. The molecule has 0 aliphatic rings. The lowest BCUT2D eigenvalue weighted by atomic mass is 10.2. The molecule has 3 heteroatoms. The summed E-state index contributed by atoms with van der Waals surface area (Å²) < 4.78 is 2.26. The highest BCUT2D eigenvalue weighted by Gasteiger charge is 2.02. The van der Waals surface area contributed by atoms with Crippen molar-refractivity contribution < 1.29 is 0 Å². The maximum Gasteiger partial charge on any atom is 0.0231 e. The highest BCUT2D eigenvalue weighted by Crippen LogP contribution is 2.21. The van der Waals surface area contributed by atoms with Crippen LogP contribution in [0.1, 0.15) is 25.8 Å². The Kier molecular flexibility index (Phi) is 5.13. The second-order valence-electron chi connectivity index (χ2n) is 3.43. The fraction of sp³-hybridized carbons (Fsp3) is 0.455. The number of benzene rings is 1. The molecular weight excluding hydrogens is 306 g/mol. The third kappa shape index (κ3) is 3.71. The summed E-state index contributed by atoms with van der Waals surface area (Å²) in [4.78, 5) is 0. The Morgan fingerprint density at radius 2 is 2.07 bits per heavy atom. The van der Waals surface area contributed by atoms with Gasteiger partial charge in [-0.2, -0.15) is 0 Å². The number of halogens is 2. The largest absolute Gasteiger partial charge is 0.310 e. The summed E-state index contributed by atoms with van der Waals surface area (Å²) in [6.45, 7) is 5.31. The summed E-state index contributed by atoms with van der Waals surface area (Å²) in [6.07, 6.45) is 1.16. The molecule has 1 unspecified atom stereocenters. The average molecular weight is 321 g/mol. The van der Waals surface area contributed by atoms with Crippen molar-refractivity contribution in [3.05, 3.63) is 32.7 Å². The molecule has 1 rings (SSSR count). The number of hydrogen-bond donors (Lipinski definition) is 1. The van der Waals surface area contributed by atoms with Crippen molar-refractivity contribution in [2.75, 3.05) is 0 Å². The first-order chi connectivity index (χ1) is 6.63. The standard InChI is InChI=1S/C11H15Br2N/c1-3-8(2)14-7-9-4-5-10(12)6-11(9)13/h4-6,8,14H,3,7H2,1-2H3. The van der Waals surface area contributed by atoms with E-state index in [-0.39, 0.29) is 0 Å². The molecule has 0 heterocycles. The highest BCUT2D eigenvalue weighted by atomic mass is 79.9. The van der Waals surface area contributed by atoms with Crippen molar-refractivity contribution in [2.45, 2.75) is 32.9 Å². The molecule has 1 aromatic rings. The van der Waals surface area contributed by atoms with Crippen LogP contribution in [0.4, 0.5) is 0 Å². The first kappa shape index (κ1) is 12.2. The van der Waals surface area contributed by atoms with Gasteiger partial charge < -0.3 is 5.32 Å². The molecule has 0 aromatic heterocycles. The zero-order valence-electron chi connectivity index (χ0n) is 8.48. The molecule has 0 aliphatic heterocycles. The van der Waals surface area contributed by atoms with Crippen LogP contribution < -0.4 is 5.32 Å². The van der Waals surface area contributed by atoms with Gasteiger partial charge in [0, 0.05) is 21.5 Å². The van der Waals surface area contributed by atoms with E-state index in [0.29, 0.717) is 6.04 Å². The molecule has 0 saturated heterocycles. The van der Waals surface area contributed by atoms with Crippen LogP contribution in [0.3, 0.4) is 0 Å². The zero-order valence-corrected chi connectivity index (χ0v) is 11.7. The molecule has 1 N–H and O–H groups in total. The smallest absolute Gasteiger partial charge is 0.0231 e. The number of rotatable bonds is 4. The first-order valence-electron chi connectivity index (χ1n) is 4.80. The topological polar surface area (TPSA) is 12.0 Å². The van der Waals surface area contributed by atoms with E-state index >= 15 is 0 Å². The maximum atomic E-state index is 3.55. The predicted molar refractivity (Wildman–Crippen MR) is 68.4 cm³/mol. The van der Waals surface area contributed by atoms with Crippen LogP contribution >= 0.6 is 31.9 Å². The van der Waals surface area contributed by atoms with Crippen LogP contribution in [0.15, 0.2) is 27.1 Å². The molecule has 78 valence electrons. The van der Waals surface area contributed by atoms with E-state index in [1.54, 1.807) is 0 Å². The summed E-state index contributed by atoms with van der Waals surface area (Å²) in [6, 6.07) is 6.85. The molecule has 1 nitrogen and oxygen atoms in total. The van der Waals surface area contributed by atoms with E-state index in [1.165, 1.54) is 5.56 Å². The summed E-state index contributed by atoms with van der Waals surface area (Å²) in [5, 5.41) is 3.46. The monoisotopic (exact) mass is 319 g/mol. The van der Waals surface area contributed by atoms with Gasteiger partial charge in [0.25, 0.3) is 0 Å². The summed E-state index contributed by atoms with van der Waals surface area (Å²) in [5.41, 5.74) is 1.30. The van der Waals surface area contributed by atoms with E-state index in [9.17, 15) is 0 Å². The minimum atomic E-state index is 0.575. The van der Waals surface area contributed by atoms with Gasteiger partial charge in [0.2, 0.25) is 0 Å². The minimum absolute atomic E-state index is 0.575. The Morgan fingerprint density at radius 1 is 1.36 bits per heavy atom. The Hall–Kier alpha value is 0.140. The van der Waals surface area contributed by atoms with E-state index < -0.39 is 0 Å².